The van der Waals surface area contributed by atoms with E-state index in [1.54, 1.807) is 24.3 Å². The van der Waals surface area contributed by atoms with E-state index >= 15 is 0 Å². The highest BCUT2D eigenvalue weighted by atomic mass is 16.5. The maximum Gasteiger partial charge on any atom is 0.189 e. The maximum atomic E-state index is 12.7. The number of allylic oxidation sites excluding steroid dienone is 1. The molecule has 0 amide bonds. The summed E-state index contributed by atoms with van der Waals surface area (Å²) in [5.41, 5.74) is 1.12. The monoisotopic (exact) mass is 649 g/mol. The first-order valence-corrected chi connectivity index (χ1v) is 19.5. The number of ether oxygens (including phenoxy) is 2. The smallest absolute Gasteiger partial charge is 0.189 e. The van der Waals surface area contributed by atoms with Gasteiger partial charge in [0.1, 0.15) is 17.3 Å². The fourth-order valence-corrected chi connectivity index (χ4v) is 5.99. The Balaban J connectivity index is 1.53. The van der Waals surface area contributed by atoms with Crippen LogP contribution in [0.25, 0.3) is 5.76 Å². The van der Waals surface area contributed by atoms with Crippen LogP contribution in [0.3, 0.4) is 0 Å². The van der Waals surface area contributed by atoms with Crippen LogP contribution in [0, 0.1) is 0 Å². The Hall–Kier alpha value is -2.75. The van der Waals surface area contributed by atoms with Gasteiger partial charge in [-0.1, -0.05) is 155 Å². The molecule has 0 aliphatic rings. The lowest BCUT2D eigenvalue weighted by molar-refractivity contribution is 0.104. The highest BCUT2D eigenvalue weighted by molar-refractivity contribution is 6.07. The predicted molar refractivity (Wildman–Crippen MR) is 201 cm³/mol. The van der Waals surface area contributed by atoms with Crippen LogP contribution in [-0.2, 0) is 0 Å². The zero-order valence-electron chi connectivity index (χ0n) is 30.3. The lowest BCUT2D eigenvalue weighted by Crippen LogP contribution is -2.00. The van der Waals surface area contributed by atoms with Crippen LogP contribution in [0.1, 0.15) is 184 Å². The Morgan fingerprint density at radius 1 is 0.468 bits per heavy atom. The van der Waals surface area contributed by atoms with E-state index in [0.717, 1.165) is 24.3 Å². The number of hydrogen-bond acceptors (Lipinski definition) is 4. The van der Waals surface area contributed by atoms with Crippen molar-refractivity contribution in [2.45, 2.75) is 168 Å². The number of aliphatic hydroxyl groups excluding tert-OH is 1. The van der Waals surface area contributed by atoms with E-state index in [-0.39, 0.29) is 11.5 Å². The summed E-state index contributed by atoms with van der Waals surface area (Å²) in [6, 6.07) is 14.5. The summed E-state index contributed by atoms with van der Waals surface area (Å²) in [6.07, 6.45) is 33.1. The third kappa shape index (κ3) is 21.0. The molecule has 4 heteroatoms. The van der Waals surface area contributed by atoms with Crippen molar-refractivity contribution in [1.29, 1.82) is 0 Å². The number of ketones is 1. The van der Waals surface area contributed by atoms with Gasteiger partial charge in [0.2, 0.25) is 0 Å². The Morgan fingerprint density at radius 2 is 0.766 bits per heavy atom. The zero-order valence-corrected chi connectivity index (χ0v) is 30.3. The van der Waals surface area contributed by atoms with Crippen molar-refractivity contribution in [2.24, 2.45) is 0 Å². The zero-order chi connectivity index (χ0) is 33.6. The van der Waals surface area contributed by atoms with Gasteiger partial charge in [0.15, 0.2) is 5.78 Å². The standard InChI is InChI=1S/C43H68O4/c1-3-5-7-9-11-13-15-16-17-18-20-22-24-26-36-47-41-33-29-39(30-34-41)43(45)37-42(44)38-27-31-40(32-28-38)46-35-25-23-21-19-14-12-10-8-6-4-2/h27-34,37,45H,3-26,35-36H2,1-2H3/b43-37-. The highest BCUT2D eigenvalue weighted by Crippen LogP contribution is 2.20. The molecule has 2 aromatic rings. The summed E-state index contributed by atoms with van der Waals surface area (Å²) in [4.78, 5) is 12.7. The van der Waals surface area contributed by atoms with Gasteiger partial charge in [-0.3, -0.25) is 4.79 Å². The van der Waals surface area contributed by atoms with E-state index in [1.165, 1.54) is 147 Å². The molecule has 0 saturated carbocycles. The van der Waals surface area contributed by atoms with Crippen molar-refractivity contribution < 1.29 is 19.4 Å². The van der Waals surface area contributed by atoms with Crippen molar-refractivity contribution in [3.05, 3.63) is 65.7 Å². The first-order chi connectivity index (χ1) is 23.1. The van der Waals surface area contributed by atoms with Crippen molar-refractivity contribution in [2.75, 3.05) is 13.2 Å². The van der Waals surface area contributed by atoms with Gasteiger partial charge in [-0.2, -0.15) is 0 Å². The Labute approximate surface area is 288 Å². The second-order valence-electron chi connectivity index (χ2n) is 13.4. The number of hydrogen-bond donors (Lipinski definition) is 1. The van der Waals surface area contributed by atoms with Gasteiger partial charge in [-0.05, 0) is 61.4 Å². The molecule has 2 aromatic carbocycles. The quantitative estimate of drug-likeness (QED) is 0.0382. The molecule has 47 heavy (non-hydrogen) atoms. The van der Waals surface area contributed by atoms with Gasteiger partial charge < -0.3 is 14.6 Å². The van der Waals surface area contributed by atoms with Gasteiger partial charge in [-0.25, -0.2) is 0 Å². The molecule has 0 aliphatic carbocycles. The molecule has 2 rings (SSSR count). The normalized spacial score (nSPS) is 11.6. The minimum Gasteiger partial charge on any atom is -0.507 e. The molecule has 4 nitrogen and oxygen atoms in total. The van der Waals surface area contributed by atoms with Crippen molar-refractivity contribution in [1.82, 2.24) is 0 Å². The van der Waals surface area contributed by atoms with Crippen LogP contribution in [0.2, 0.25) is 0 Å². The molecular weight excluding hydrogens is 580 g/mol. The molecule has 0 aliphatic heterocycles. The Kier molecular flexibility index (Phi) is 24.3. The summed E-state index contributed by atoms with van der Waals surface area (Å²) in [5.74, 6) is 1.28. The second kappa shape index (κ2) is 28.3. The van der Waals surface area contributed by atoms with E-state index < -0.39 is 0 Å². The van der Waals surface area contributed by atoms with E-state index in [4.69, 9.17) is 9.47 Å². The molecular formula is C43H68O4. The number of benzene rings is 2. The molecule has 264 valence electrons. The summed E-state index contributed by atoms with van der Waals surface area (Å²) in [6.45, 7) is 5.94. The van der Waals surface area contributed by atoms with Gasteiger partial charge >= 0.3 is 0 Å². The summed E-state index contributed by atoms with van der Waals surface area (Å²) in [5, 5.41) is 10.6. The van der Waals surface area contributed by atoms with Crippen molar-refractivity contribution >= 4 is 11.5 Å². The third-order valence-corrected chi connectivity index (χ3v) is 9.09. The molecule has 0 spiro atoms. The second-order valence-corrected chi connectivity index (χ2v) is 13.4. The highest BCUT2D eigenvalue weighted by Gasteiger charge is 2.08. The molecule has 1 N–H and O–H groups in total. The minimum atomic E-state index is -0.234. The van der Waals surface area contributed by atoms with Crippen LogP contribution in [-0.4, -0.2) is 24.1 Å². The summed E-state index contributed by atoms with van der Waals surface area (Å²) in [7, 11) is 0. The fourth-order valence-electron chi connectivity index (χ4n) is 5.99. The average molecular weight is 649 g/mol. The topological polar surface area (TPSA) is 55.8 Å². The maximum absolute atomic E-state index is 12.7. The average Bonchev–Trinajstić information content (AvgIpc) is 3.09. The van der Waals surface area contributed by atoms with Crippen LogP contribution < -0.4 is 9.47 Å². The lowest BCUT2D eigenvalue weighted by Gasteiger charge is -2.08. The first kappa shape index (κ1) is 40.4. The molecule has 0 bridgehead atoms. The van der Waals surface area contributed by atoms with Gasteiger partial charge in [-0.15, -0.1) is 0 Å². The SMILES string of the molecule is CCCCCCCCCCCCCCCCOc1ccc(/C(O)=C/C(=O)c2ccc(OCCCCCCCCCCCC)cc2)cc1. The Bertz CT molecular complexity index is 1040. The molecule has 0 saturated heterocycles. The number of rotatable bonds is 31. The number of carbonyl (C=O) groups is 1. The van der Waals surface area contributed by atoms with E-state index in [9.17, 15) is 9.90 Å². The number of carbonyl (C=O) groups excluding carboxylic acids is 1. The lowest BCUT2D eigenvalue weighted by atomic mass is 10.0. The van der Waals surface area contributed by atoms with Crippen LogP contribution in [0.5, 0.6) is 11.5 Å². The Morgan fingerprint density at radius 3 is 1.11 bits per heavy atom. The molecule has 0 radical (unpaired) electrons. The third-order valence-electron chi connectivity index (χ3n) is 9.09. The predicted octanol–water partition coefficient (Wildman–Crippen LogP) is 13.6. The largest absolute Gasteiger partial charge is 0.507 e. The van der Waals surface area contributed by atoms with Crippen molar-refractivity contribution in [3.8, 4) is 11.5 Å². The number of unbranched alkanes of at least 4 members (excludes halogenated alkanes) is 22. The molecule has 0 aromatic heterocycles. The van der Waals surface area contributed by atoms with Gasteiger partial charge in [0.25, 0.3) is 0 Å². The van der Waals surface area contributed by atoms with Crippen molar-refractivity contribution in [3.63, 3.8) is 0 Å². The summed E-state index contributed by atoms with van der Waals surface area (Å²) < 4.78 is 11.8. The fraction of sp³-hybridized carbons (Fsp3) is 0.651. The van der Waals surface area contributed by atoms with Gasteiger partial charge in [0, 0.05) is 17.2 Å². The van der Waals surface area contributed by atoms with Crippen LogP contribution in [0.4, 0.5) is 0 Å². The first-order valence-electron chi connectivity index (χ1n) is 19.5. The van der Waals surface area contributed by atoms with E-state index in [2.05, 4.69) is 13.8 Å². The minimum absolute atomic E-state index is 0.0465. The van der Waals surface area contributed by atoms with E-state index in [0.29, 0.717) is 24.3 Å². The van der Waals surface area contributed by atoms with Gasteiger partial charge in [0.05, 0.1) is 13.2 Å². The molecule has 0 unspecified atom stereocenters. The van der Waals surface area contributed by atoms with Crippen LogP contribution >= 0.6 is 0 Å². The summed E-state index contributed by atoms with van der Waals surface area (Å²) >= 11 is 0. The molecule has 0 fully saturated rings. The van der Waals surface area contributed by atoms with E-state index in [1.807, 2.05) is 24.3 Å². The van der Waals surface area contributed by atoms with Crippen LogP contribution in [0.15, 0.2) is 54.6 Å². The molecule has 0 heterocycles. The molecule has 0 atom stereocenters. The number of aliphatic hydroxyl groups is 1.